The summed E-state index contributed by atoms with van der Waals surface area (Å²) < 4.78 is 16.0. The van der Waals surface area contributed by atoms with E-state index in [9.17, 15) is 4.79 Å². The fourth-order valence-corrected chi connectivity index (χ4v) is 2.71. The number of benzene rings is 2. The average Bonchev–Trinajstić information content (AvgIpc) is 3.20. The number of aromatic nitrogens is 2. The van der Waals surface area contributed by atoms with Gasteiger partial charge in [-0.05, 0) is 37.6 Å². The van der Waals surface area contributed by atoms with Gasteiger partial charge in [0.25, 0.3) is 0 Å². The van der Waals surface area contributed by atoms with Crippen LogP contribution >= 0.6 is 0 Å². The second kappa shape index (κ2) is 9.73. The third kappa shape index (κ3) is 5.81. The molecule has 0 radical (unpaired) electrons. The summed E-state index contributed by atoms with van der Waals surface area (Å²) in [6.07, 6.45) is 0.999. The van der Waals surface area contributed by atoms with Crippen LogP contribution in [-0.2, 0) is 11.3 Å². The molecule has 1 amide bonds. The molecule has 3 aromatic rings. The predicted molar refractivity (Wildman–Crippen MR) is 109 cm³/mol. The summed E-state index contributed by atoms with van der Waals surface area (Å²) in [5.74, 6) is 2.46. The lowest BCUT2D eigenvalue weighted by molar-refractivity contribution is -0.131. The van der Waals surface area contributed by atoms with E-state index in [4.69, 9.17) is 14.0 Å². The van der Waals surface area contributed by atoms with Crippen LogP contribution in [0.1, 0.15) is 24.3 Å². The van der Waals surface area contributed by atoms with Gasteiger partial charge in [-0.2, -0.15) is 4.98 Å². The van der Waals surface area contributed by atoms with Crippen LogP contribution in [0.5, 0.6) is 11.5 Å². The SMILES string of the molecule is COc1ccc(OCCCC(=O)N(C)Cc2nc(-c3ccc(C)cc3)no2)cc1. The average molecular weight is 395 g/mol. The number of methoxy groups -OCH3 is 1. The molecule has 0 spiro atoms. The van der Waals surface area contributed by atoms with Crippen LogP contribution in [0, 0.1) is 6.92 Å². The van der Waals surface area contributed by atoms with Gasteiger partial charge >= 0.3 is 0 Å². The Morgan fingerprint density at radius 3 is 2.45 bits per heavy atom. The third-order valence-corrected chi connectivity index (χ3v) is 4.44. The van der Waals surface area contributed by atoms with Crippen molar-refractivity contribution in [2.24, 2.45) is 0 Å². The van der Waals surface area contributed by atoms with Gasteiger partial charge in [0.1, 0.15) is 11.5 Å². The van der Waals surface area contributed by atoms with Crippen molar-refractivity contribution in [3.05, 3.63) is 60.0 Å². The number of hydrogen-bond donors (Lipinski definition) is 0. The summed E-state index contributed by atoms with van der Waals surface area (Å²) in [4.78, 5) is 18.3. The summed E-state index contributed by atoms with van der Waals surface area (Å²) in [7, 11) is 3.35. The highest BCUT2D eigenvalue weighted by atomic mass is 16.5. The van der Waals surface area contributed by atoms with Crippen LogP contribution in [-0.4, -0.2) is 41.7 Å². The number of rotatable bonds is 9. The van der Waals surface area contributed by atoms with Crippen LogP contribution in [0.4, 0.5) is 0 Å². The zero-order valence-corrected chi connectivity index (χ0v) is 16.9. The highest BCUT2D eigenvalue weighted by molar-refractivity contribution is 5.75. The van der Waals surface area contributed by atoms with E-state index in [0.29, 0.717) is 31.2 Å². The number of carbonyl (C=O) groups is 1. The lowest BCUT2D eigenvalue weighted by Gasteiger charge is -2.14. The fraction of sp³-hybridized carbons (Fsp3) is 0.318. The third-order valence-electron chi connectivity index (χ3n) is 4.44. The number of carbonyl (C=O) groups excluding carboxylic acids is 1. The minimum absolute atomic E-state index is 0.00147. The Hall–Kier alpha value is -3.35. The van der Waals surface area contributed by atoms with E-state index in [0.717, 1.165) is 17.1 Å². The molecule has 0 unspecified atom stereocenters. The molecule has 7 nitrogen and oxygen atoms in total. The molecule has 0 saturated heterocycles. The maximum absolute atomic E-state index is 12.3. The summed E-state index contributed by atoms with van der Waals surface area (Å²) >= 11 is 0. The van der Waals surface area contributed by atoms with Crippen molar-refractivity contribution in [3.8, 4) is 22.9 Å². The van der Waals surface area contributed by atoms with Gasteiger partial charge < -0.3 is 18.9 Å². The molecule has 0 aliphatic rings. The van der Waals surface area contributed by atoms with Crippen molar-refractivity contribution >= 4 is 5.91 Å². The van der Waals surface area contributed by atoms with Gasteiger partial charge in [-0.1, -0.05) is 35.0 Å². The van der Waals surface area contributed by atoms with Crippen LogP contribution in [0.2, 0.25) is 0 Å². The van der Waals surface area contributed by atoms with Gasteiger partial charge in [0, 0.05) is 19.0 Å². The standard InChI is InChI=1S/C22H25N3O4/c1-16-6-8-17(9-7-16)22-23-20(29-24-22)15-25(2)21(26)5-4-14-28-19-12-10-18(27-3)11-13-19/h6-13H,4-5,14-15H2,1-3H3. The maximum atomic E-state index is 12.3. The minimum Gasteiger partial charge on any atom is -0.497 e. The first-order chi connectivity index (χ1) is 14.0. The lowest BCUT2D eigenvalue weighted by atomic mass is 10.1. The fourth-order valence-electron chi connectivity index (χ4n) is 2.71. The summed E-state index contributed by atoms with van der Waals surface area (Å²) in [5, 5.41) is 4.00. The van der Waals surface area contributed by atoms with Crippen molar-refractivity contribution in [1.82, 2.24) is 15.0 Å². The number of hydrogen-bond acceptors (Lipinski definition) is 6. The molecule has 1 aromatic heterocycles. The maximum Gasteiger partial charge on any atom is 0.246 e. The molecule has 29 heavy (non-hydrogen) atoms. The summed E-state index contributed by atoms with van der Waals surface area (Å²) in [5.41, 5.74) is 2.05. The molecular weight excluding hydrogens is 370 g/mol. The second-order valence-electron chi connectivity index (χ2n) is 6.76. The van der Waals surface area contributed by atoms with Crippen molar-refractivity contribution in [2.45, 2.75) is 26.3 Å². The molecule has 3 rings (SSSR count). The smallest absolute Gasteiger partial charge is 0.246 e. The van der Waals surface area contributed by atoms with E-state index < -0.39 is 0 Å². The molecule has 0 aliphatic carbocycles. The van der Waals surface area contributed by atoms with Crippen molar-refractivity contribution < 1.29 is 18.8 Å². The highest BCUT2D eigenvalue weighted by Crippen LogP contribution is 2.18. The van der Waals surface area contributed by atoms with E-state index in [2.05, 4.69) is 10.1 Å². The Labute approximate surface area is 170 Å². The predicted octanol–water partition coefficient (Wildman–Crippen LogP) is 3.87. The molecule has 0 saturated carbocycles. The van der Waals surface area contributed by atoms with Crippen LogP contribution < -0.4 is 9.47 Å². The van der Waals surface area contributed by atoms with Crippen molar-refractivity contribution in [3.63, 3.8) is 0 Å². The van der Waals surface area contributed by atoms with Gasteiger partial charge in [-0.3, -0.25) is 4.79 Å². The number of amides is 1. The van der Waals surface area contributed by atoms with Crippen molar-refractivity contribution in [1.29, 1.82) is 0 Å². The van der Waals surface area contributed by atoms with Gasteiger partial charge in [0.15, 0.2) is 0 Å². The summed E-state index contributed by atoms with van der Waals surface area (Å²) in [6.45, 7) is 2.76. The van der Waals surface area contributed by atoms with E-state index in [1.165, 1.54) is 5.56 Å². The molecule has 0 N–H and O–H groups in total. The van der Waals surface area contributed by atoms with Crippen LogP contribution in [0.25, 0.3) is 11.4 Å². The topological polar surface area (TPSA) is 77.7 Å². The summed E-state index contributed by atoms with van der Waals surface area (Å²) in [6, 6.07) is 15.2. The molecule has 152 valence electrons. The monoisotopic (exact) mass is 395 g/mol. The first-order valence-corrected chi connectivity index (χ1v) is 9.45. The van der Waals surface area contributed by atoms with Crippen LogP contribution in [0.15, 0.2) is 53.1 Å². The lowest BCUT2D eigenvalue weighted by Crippen LogP contribution is -2.26. The first kappa shape index (κ1) is 20.4. The molecule has 0 bridgehead atoms. The Morgan fingerprint density at radius 1 is 1.07 bits per heavy atom. The molecule has 0 aliphatic heterocycles. The zero-order valence-electron chi connectivity index (χ0n) is 16.9. The molecular formula is C22H25N3O4. The van der Waals surface area contributed by atoms with E-state index in [-0.39, 0.29) is 12.5 Å². The first-order valence-electron chi connectivity index (χ1n) is 9.45. The van der Waals surface area contributed by atoms with E-state index in [1.54, 1.807) is 19.1 Å². The van der Waals surface area contributed by atoms with E-state index in [1.807, 2.05) is 55.5 Å². The normalized spacial score (nSPS) is 10.6. The largest absolute Gasteiger partial charge is 0.497 e. The van der Waals surface area contributed by atoms with Crippen molar-refractivity contribution in [2.75, 3.05) is 20.8 Å². The number of aryl methyl sites for hydroxylation is 1. The quantitative estimate of drug-likeness (QED) is 0.512. The Balaban J connectivity index is 1.42. The van der Waals surface area contributed by atoms with Crippen LogP contribution in [0.3, 0.4) is 0 Å². The highest BCUT2D eigenvalue weighted by Gasteiger charge is 2.14. The zero-order chi connectivity index (χ0) is 20.6. The number of ether oxygens (including phenoxy) is 2. The second-order valence-corrected chi connectivity index (χ2v) is 6.76. The Kier molecular flexibility index (Phi) is 6.84. The van der Waals surface area contributed by atoms with Gasteiger partial charge in [-0.25, -0.2) is 0 Å². The molecule has 1 heterocycles. The minimum atomic E-state index is -0.00147. The van der Waals surface area contributed by atoms with Gasteiger partial charge in [-0.15, -0.1) is 0 Å². The molecule has 0 atom stereocenters. The number of nitrogens with zero attached hydrogens (tertiary/aromatic N) is 3. The Bertz CT molecular complexity index is 920. The van der Waals surface area contributed by atoms with E-state index >= 15 is 0 Å². The van der Waals surface area contributed by atoms with Gasteiger partial charge in [0.2, 0.25) is 17.6 Å². The molecule has 7 heteroatoms. The molecule has 2 aromatic carbocycles. The van der Waals surface area contributed by atoms with Gasteiger partial charge in [0.05, 0.1) is 20.3 Å². The Morgan fingerprint density at radius 2 is 1.76 bits per heavy atom. The molecule has 0 fully saturated rings.